The summed E-state index contributed by atoms with van der Waals surface area (Å²) in [5, 5.41) is 9.25. The Morgan fingerprint density at radius 2 is 1.89 bits per heavy atom. The Bertz CT molecular complexity index is 954. The molecule has 1 aromatic carbocycles. The molecule has 0 heterocycles. The van der Waals surface area contributed by atoms with Crippen LogP contribution in [0.15, 0.2) is 23.3 Å². The Morgan fingerprint density at radius 3 is 2.54 bits per heavy atom. The highest BCUT2D eigenvalue weighted by Crippen LogP contribution is 2.26. The molecule has 0 spiro atoms. The molecule has 35 heavy (non-hydrogen) atoms. The fraction of sp³-hybridized carbons (Fsp3) is 0.583. The van der Waals surface area contributed by atoms with Gasteiger partial charge in [-0.15, -0.1) is 0 Å². The molecule has 1 fully saturated rings. The van der Waals surface area contributed by atoms with Gasteiger partial charge in [0, 0.05) is 36.5 Å². The summed E-state index contributed by atoms with van der Waals surface area (Å²) in [5.74, 6) is -1.33. The van der Waals surface area contributed by atoms with Gasteiger partial charge >= 0.3 is 5.97 Å². The number of hydrogen-bond acceptors (Lipinski definition) is 6. The highest BCUT2D eigenvalue weighted by Gasteiger charge is 2.23. The van der Waals surface area contributed by atoms with Crippen LogP contribution in [0.1, 0.15) is 75.1 Å². The minimum Gasteiger partial charge on any atom is -0.469 e. The molecule has 0 unspecified atom stereocenters. The number of amides is 3. The molecule has 0 radical (unpaired) electrons. The van der Waals surface area contributed by atoms with E-state index in [1.165, 1.54) is 37.1 Å². The van der Waals surface area contributed by atoms with E-state index in [-0.39, 0.29) is 54.6 Å². The molecule has 190 valence electrons. The van der Waals surface area contributed by atoms with Crippen molar-refractivity contribution in [1.29, 1.82) is 0 Å². The van der Waals surface area contributed by atoms with Gasteiger partial charge in [-0.1, -0.05) is 30.8 Å². The van der Waals surface area contributed by atoms with Crippen LogP contribution >= 0.6 is 0 Å². The van der Waals surface area contributed by atoms with Gasteiger partial charge in [-0.05, 0) is 49.4 Å². The first-order valence-electron chi connectivity index (χ1n) is 12.0. The largest absolute Gasteiger partial charge is 0.469 e. The molecule has 11 heteroatoms. The normalized spacial score (nSPS) is 13.3. The predicted octanol–water partition coefficient (Wildman–Crippen LogP) is 4.21. The molecule has 1 aliphatic carbocycles. The summed E-state index contributed by atoms with van der Waals surface area (Å²) in [5.41, 5.74) is 9.51. The molecule has 1 aromatic rings. The molecule has 3 amide bonds. The molecule has 2 N–H and O–H groups in total. The summed E-state index contributed by atoms with van der Waals surface area (Å²) in [4.78, 5) is 53.3. The zero-order chi connectivity index (χ0) is 25.6. The van der Waals surface area contributed by atoms with Crippen molar-refractivity contribution in [2.45, 2.75) is 70.8 Å². The van der Waals surface area contributed by atoms with Crippen LogP contribution in [0.3, 0.4) is 0 Å². The van der Waals surface area contributed by atoms with E-state index in [2.05, 4.69) is 25.4 Å². The van der Waals surface area contributed by atoms with Gasteiger partial charge in [-0.3, -0.25) is 19.2 Å². The summed E-state index contributed by atoms with van der Waals surface area (Å²) in [6.45, 7) is 1.48. The number of anilines is 1. The quantitative estimate of drug-likeness (QED) is 0.149. The van der Waals surface area contributed by atoms with E-state index >= 15 is 0 Å². The maximum Gasteiger partial charge on any atom is 0.305 e. The number of nitrogens with zero attached hydrogens (tertiary/aromatic N) is 4. The SMILES string of the molecule is COC(=O)CCCCCN(CC(=O)NC1CCCCC1)C(=O)c1cc(NC(C)=O)ccc1N=[N+]=[N-]. The third-order valence-corrected chi connectivity index (χ3v) is 5.83. The minimum atomic E-state index is -0.480. The van der Waals surface area contributed by atoms with Crippen LogP contribution in [0, 0.1) is 0 Å². The number of benzene rings is 1. The Morgan fingerprint density at radius 1 is 1.14 bits per heavy atom. The van der Waals surface area contributed by atoms with Gasteiger partial charge in [-0.25, -0.2) is 0 Å². The molecule has 2 rings (SSSR count). The number of methoxy groups -OCH3 is 1. The fourth-order valence-electron chi connectivity index (χ4n) is 4.09. The van der Waals surface area contributed by atoms with Gasteiger partial charge in [0.2, 0.25) is 11.8 Å². The number of carbonyl (C=O) groups excluding carboxylic acids is 4. The van der Waals surface area contributed by atoms with Crippen LogP contribution in [0.4, 0.5) is 11.4 Å². The van der Waals surface area contributed by atoms with E-state index < -0.39 is 5.91 Å². The predicted molar refractivity (Wildman–Crippen MR) is 131 cm³/mol. The summed E-state index contributed by atoms with van der Waals surface area (Å²) in [6, 6.07) is 4.54. The second-order valence-corrected chi connectivity index (χ2v) is 8.62. The Labute approximate surface area is 205 Å². The van der Waals surface area contributed by atoms with Crippen molar-refractivity contribution in [2.75, 3.05) is 25.5 Å². The molecular formula is C24H34N6O5. The van der Waals surface area contributed by atoms with Crippen LogP contribution < -0.4 is 10.6 Å². The zero-order valence-electron chi connectivity index (χ0n) is 20.4. The fourth-order valence-corrected chi connectivity index (χ4v) is 4.09. The molecule has 0 aromatic heterocycles. The molecular weight excluding hydrogens is 452 g/mol. The Balaban J connectivity index is 2.18. The average molecular weight is 487 g/mol. The highest BCUT2D eigenvalue weighted by molar-refractivity contribution is 6.02. The van der Waals surface area contributed by atoms with Crippen molar-refractivity contribution in [3.05, 3.63) is 34.2 Å². The smallest absolute Gasteiger partial charge is 0.305 e. The standard InChI is InChI=1S/C24H34N6O5/c1-17(31)26-19-12-13-21(28-29-25)20(15-19)24(34)30(14-8-4-7-11-23(33)35-2)16-22(32)27-18-9-5-3-6-10-18/h12-13,15,18H,3-11,14,16H2,1-2H3,(H,26,31)(H,27,32). The van der Waals surface area contributed by atoms with Gasteiger partial charge in [0.15, 0.2) is 0 Å². The first kappa shape index (κ1) is 27.7. The lowest BCUT2D eigenvalue weighted by Gasteiger charge is -2.27. The van der Waals surface area contributed by atoms with Crippen LogP contribution in [0.25, 0.3) is 10.4 Å². The zero-order valence-corrected chi connectivity index (χ0v) is 20.4. The van der Waals surface area contributed by atoms with E-state index in [9.17, 15) is 19.2 Å². The van der Waals surface area contributed by atoms with Crippen molar-refractivity contribution in [3.63, 3.8) is 0 Å². The topological polar surface area (TPSA) is 154 Å². The van der Waals surface area contributed by atoms with E-state index in [1.54, 1.807) is 0 Å². The van der Waals surface area contributed by atoms with Crippen LogP contribution in [-0.4, -0.2) is 54.8 Å². The maximum absolute atomic E-state index is 13.5. The van der Waals surface area contributed by atoms with E-state index in [0.717, 1.165) is 32.1 Å². The lowest BCUT2D eigenvalue weighted by Crippen LogP contribution is -2.45. The number of carbonyl (C=O) groups is 4. The maximum atomic E-state index is 13.5. The van der Waals surface area contributed by atoms with Crippen LogP contribution in [-0.2, 0) is 19.1 Å². The van der Waals surface area contributed by atoms with Crippen molar-refractivity contribution in [3.8, 4) is 0 Å². The highest BCUT2D eigenvalue weighted by atomic mass is 16.5. The van der Waals surface area contributed by atoms with Crippen molar-refractivity contribution in [2.24, 2.45) is 5.11 Å². The van der Waals surface area contributed by atoms with Crippen molar-refractivity contribution in [1.82, 2.24) is 10.2 Å². The third kappa shape index (κ3) is 9.66. The molecule has 11 nitrogen and oxygen atoms in total. The average Bonchev–Trinajstić information content (AvgIpc) is 2.83. The number of unbranched alkanes of at least 4 members (excludes halogenated alkanes) is 2. The van der Waals surface area contributed by atoms with Crippen molar-refractivity contribution >= 4 is 35.1 Å². The minimum absolute atomic E-state index is 0.0917. The number of azide groups is 1. The summed E-state index contributed by atoms with van der Waals surface area (Å²) in [6.07, 6.45) is 7.27. The number of ether oxygens (including phenoxy) is 1. The summed E-state index contributed by atoms with van der Waals surface area (Å²) in [7, 11) is 1.34. The second-order valence-electron chi connectivity index (χ2n) is 8.62. The molecule has 0 atom stereocenters. The lowest BCUT2D eigenvalue weighted by atomic mass is 9.95. The lowest BCUT2D eigenvalue weighted by molar-refractivity contribution is -0.140. The van der Waals surface area contributed by atoms with Crippen molar-refractivity contribution < 1.29 is 23.9 Å². The summed E-state index contributed by atoms with van der Waals surface area (Å²) >= 11 is 0. The first-order valence-corrected chi connectivity index (χ1v) is 12.0. The van der Waals surface area contributed by atoms with E-state index in [0.29, 0.717) is 24.9 Å². The molecule has 0 aliphatic heterocycles. The number of rotatable bonds is 12. The molecule has 1 saturated carbocycles. The van der Waals surface area contributed by atoms with Gasteiger partial charge in [-0.2, -0.15) is 0 Å². The number of esters is 1. The van der Waals surface area contributed by atoms with Gasteiger partial charge in [0.25, 0.3) is 5.91 Å². The Hall–Kier alpha value is -3.59. The van der Waals surface area contributed by atoms with Gasteiger partial charge in [0.1, 0.15) is 0 Å². The molecule has 0 saturated heterocycles. The Kier molecular flexibility index (Phi) is 11.6. The number of hydrogen-bond donors (Lipinski definition) is 2. The number of nitrogens with one attached hydrogen (secondary N) is 2. The molecule has 0 bridgehead atoms. The first-order chi connectivity index (χ1) is 16.8. The van der Waals surface area contributed by atoms with Crippen LogP contribution in [0.5, 0.6) is 0 Å². The van der Waals surface area contributed by atoms with E-state index in [1.807, 2.05) is 0 Å². The van der Waals surface area contributed by atoms with Gasteiger partial charge < -0.3 is 20.3 Å². The second kappa shape index (κ2) is 14.6. The van der Waals surface area contributed by atoms with E-state index in [4.69, 9.17) is 5.53 Å². The van der Waals surface area contributed by atoms with Crippen LogP contribution in [0.2, 0.25) is 0 Å². The molecule has 1 aliphatic rings. The monoisotopic (exact) mass is 486 g/mol. The van der Waals surface area contributed by atoms with Gasteiger partial charge in [0.05, 0.1) is 24.9 Å². The third-order valence-electron chi connectivity index (χ3n) is 5.83. The summed E-state index contributed by atoms with van der Waals surface area (Å²) < 4.78 is 4.65.